The number of pyridine rings is 1. The molecule has 1 saturated heterocycles. The van der Waals surface area contributed by atoms with Crippen LogP contribution in [-0.2, 0) is 4.74 Å². The summed E-state index contributed by atoms with van der Waals surface area (Å²) in [6.45, 7) is 4.94. The summed E-state index contributed by atoms with van der Waals surface area (Å²) in [5.41, 5.74) is 2.10. The zero-order valence-electron chi connectivity index (χ0n) is 16.0. The third kappa shape index (κ3) is 4.61. The number of nitrogens with zero attached hydrogens (tertiary/aromatic N) is 4. The minimum absolute atomic E-state index is 0.0366. The Morgan fingerprint density at radius 1 is 1.33 bits per heavy atom. The number of rotatable bonds is 6. The molecular weight excluding hydrogens is 413 g/mol. The van der Waals surface area contributed by atoms with E-state index >= 15 is 0 Å². The van der Waals surface area contributed by atoms with Gasteiger partial charge in [-0.2, -0.15) is 4.98 Å². The Hall–Kier alpha value is -2.95. The first-order valence-corrected chi connectivity index (χ1v) is 9.85. The Morgan fingerprint density at radius 2 is 2.17 bits per heavy atom. The zero-order chi connectivity index (χ0) is 20.9. The first-order chi connectivity index (χ1) is 14.6. The lowest BCUT2D eigenvalue weighted by atomic mass is 10.2. The number of aromatic amines is 1. The fourth-order valence-electron chi connectivity index (χ4n) is 3.21. The highest BCUT2D eigenvalue weighted by molar-refractivity contribution is 6.31. The Kier molecular flexibility index (Phi) is 6.26. The quantitative estimate of drug-likeness (QED) is 0.205. The first-order valence-electron chi connectivity index (χ1n) is 9.47. The lowest BCUT2D eigenvalue weighted by molar-refractivity contribution is 0.0398. The van der Waals surface area contributed by atoms with Gasteiger partial charge in [0, 0.05) is 43.6 Å². The van der Waals surface area contributed by atoms with E-state index in [2.05, 4.69) is 35.6 Å². The van der Waals surface area contributed by atoms with Crippen molar-refractivity contribution in [2.24, 2.45) is 5.16 Å². The molecule has 3 heterocycles. The maximum Gasteiger partial charge on any atom is 0.202 e. The van der Waals surface area contributed by atoms with Crippen molar-refractivity contribution in [1.82, 2.24) is 19.9 Å². The van der Waals surface area contributed by atoms with Gasteiger partial charge in [0.1, 0.15) is 5.82 Å². The maximum absolute atomic E-state index is 13.4. The van der Waals surface area contributed by atoms with Crippen molar-refractivity contribution >= 4 is 40.2 Å². The molecule has 0 bridgehead atoms. The average Bonchev–Trinajstić information content (AvgIpc) is 3.18. The molecule has 0 unspecified atom stereocenters. The van der Waals surface area contributed by atoms with Crippen molar-refractivity contribution in [2.45, 2.75) is 0 Å². The number of nitrogens with one attached hydrogen (secondary N) is 3. The Balaban J connectivity index is 1.49. The smallest absolute Gasteiger partial charge is 0.202 e. The summed E-state index contributed by atoms with van der Waals surface area (Å²) in [5.74, 6) is 0.186. The first kappa shape index (κ1) is 20.3. The third-order valence-electron chi connectivity index (χ3n) is 4.75. The molecule has 3 aromatic rings. The molecule has 2 aromatic heterocycles. The van der Waals surface area contributed by atoms with E-state index in [-0.39, 0.29) is 10.9 Å². The molecule has 11 heteroatoms. The van der Waals surface area contributed by atoms with E-state index in [1.807, 2.05) is 0 Å². The number of imidazole rings is 1. The summed E-state index contributed by atoms with van der Waals surface area (Å²) in [6, 6.07) is 5.82. The van der Waals surface area contributed by atoms with Crippen molar-refractivity contribution in [3.63, 3.8) is 0 Å². The molecule has 4 rings (SSSR count). The lowest BCUT2D eigenvalue weighted by Gasteiger charge is -2.26. The molecule has 1 fully saturated rings. The Morgan fingerprint density at radius 3 is 2.93 bits per heavy atom. The molecule has 1 aromatic carbocycles. The number of fused-ring (bicyclic) bond motifs is 1. The lowest BCUT2D eigenvalue weighted by Crippen LogP contribution is -2.39. The number of halogens is 2. The van der Waals surface area contributed by atoms with Crippen LogP contribution in [0.15, 0.2) is 35.6 Å². The van der Waals surface area contributed by atoms with Crippen molar-refractivity contribution in [2.75, 3.05) is 50.0 Å². The second-order valence-corrected chi connectivity index (χ2v) is 7.13. The van der Waals surface area contributed by atoms with E-state index in [9.17, 15) is 9.60 Å². The number of morpholine rings is 1. The van der Waals surface area contributed by atoms with E-state index in [0.717, 1.165) is 32.8 Å². The molecule has 0 spiro atoms. The number of anilines is 2. The molecular formula is C19H21ClFN7O2. The van der Waals surface area contributed by atoms with Crippen molar-refractivity contribution in [3.8, 4) is 0 Å². The summed E-state index contributed by atoms with van der Waals surface area (Å²) >= 11 is 5.83. The number of aromatic nitrogens is 3. The van der Waals surface area contributed by atoms with E-state index in [1.165, 1.54) is 18.2 Å². The monoisotopic (exact) mass is 433 g/mol. The van der Waals surface area contributed by atoms with Crippen LogP contribution in [0.25, 0.3) is 11.2 Å². The number of hydrogen-bond donors (Lipinski definition) is 4. The van der Waals surface area contributed by atoms with Crippen LogP contribution in [-0.4, -0.2) is 70.3 Å². The molecule has 0 radical (unpaired) electrons. The zero-order valence-corrected chi connectivity index (χ0v) is 16.8. The van der Waals surface area contributed by atoms with Gasteiger partial charge in [-0.15, -0.1) is 0 Å². The SMILES string of the molecule is O/N=C(/Nc1ccc(F)c(Cl)c1)c1ccnc2nc(NCCN3CCOCC3)[nH]c12. The van der Waals surface area contributed by atoms with Gasteiger partial charge >= 0.3 is 0 Å². The van der Waals surface area contributed by atoms with Gasteiger partial charge in [-0.05, 0) is 24.3 Å². The molecule has 4 N–H and O–H groups in total. The summed E-state index contributed by atoms with van der Waals surface area (Å²) in [4.78, 5) is 14.2. The van der Waals surface area contributed by atoms with Crippen LogP contribution < -0.4 is 10.6 Å². The largest absolute Gasteiger partial charge is 0.409 e. The highest BCUT2D eigenvalue weighted by atomic mass is 35.5. The Labute approximate surface area is 176 Å². The highest BCUT2D eigenvalue weighted by Gasteiger charge is 2.15. The van der Waals surface area contributed by atoms with Crippen LogP contribution in [0.1, 0.15) is 5.56 Å². The van der Waals surface area contributed by atoms with Gasteiger partial charge in [0.05, 0.1) is 23.8 Å². The summed E-state index contributed by atoms with van der Waals surface area (Å²) in [7, 11) is 0. The van der Waals surface area contributed by atoms with Gasteiger partial charge < -0.3 is 25.6 Å². The fraction of sp³-hybridized carbons (Fsp3) is 0.316. The highest BCUT2D eigenvalue weighted by Crippen LogP contribution is 2.22. The van der Waals surface area contributed by atoms with Crippen LogP contribution in [0.3, 0.4) is 0 Å². The van der Waals surface area contributed by atoms with Crippen LogP contribution in [0, 0.1) is 5.82 Å². The van der Waals surface area contributed by atoms with Crippen LogP contribution in [0.2, 0.25) is 5.02 Å². The van der Waals surface area contributed by atoms with Crippen LogP contribution in [0.5, 0.6) is 0 Å². The fourth-order valence-corrected chi connectivity index (χ4v) is 3.39. The Bertz CT molecular complexity index is 1050. The summed E-state index contributed by atoms with van der Waals surface area (Å²) < 4.78 is 18.7. The molecule has 9 nitrogen and oxygen atoms in total. The molecule has 158 valence electrons. The molecule has 1 aliphatic rings. The van der Waals surface area contributed by atoms with Crippen LogP contribution >= 0.6 is 11.6 Å². The van der Waals surface area contributed by atoms with Gasteiger partial charge in [0.25, 0.3) is 0 Å². The third-order valence-corrected chi connectivity index (χ3v) is 5.04. The second kappa shape index (κ2) is 9.24. The predicted molar refractivity (Wildman–Crippen MR) is 113 cm³/mol. The van der Waals surface area contributed by atoms with E-state index in [0.29, 0.717) is 34.9 Å². The van der Waals surface area contributed by atoms with E-state index in [1.54, 1.807) is 12.3 Å². The average molecular weight is 434 g/mol. The molecule has 0 atom stereocenters. The summed E-state index contributed by atoms with van der Waals surface area (Å²) in [6.07, 6.45) is 1.57. The van der Waals surface area contributed by atoms with Crippen LogP contribution in [0.4, 0.5) is 16.0 Å². The number of amidine groups is 1. The van der Waals surface area contributed by atoms with Crippen molar-refractivity contribution in [1.29, 1.82) is 0 Å². The molecule has 0 amide bonds. The van der Waals surface area contributed by atoms with E-state index < -0.39 is 5.82 Å². The number of hydrogen-bond acceptors (Lipinski definition) is 7. The molecule has 30 heavy (non-hydrogen) atoms. The van der Waals surface area contributed by atoms with Crippen molar-refractivity contribution in [3.05, 3.63) is 46.9 Å². The topological polar surface area (TPSA) is 111 Å². The van der Waals surface area contributed by atoms with Gasteiger partial charge in [0.2, 0.25) is 5.95 Å². The number of H-pyrrole nitrogens is 1. The number of benzene rings is 1. The normalized spacial score (nSPS) is 15.5. The summed E-state index contributed by atoms with van der Waals surface area (Å²) in [5, 5.41) is 19.0. The molecule has 0 aliphatic carbocycles. The van der Waals surface area contributed by atoms with Gasteiger partial charge in [-0.3, -0.25) is 4.90 Å². The molecule has 0 saturated carbocycles. The second-order valence-electron chi connectivity index (χ2n) is 6.73. The van der Waals surface area contributed by atoms with Gasteiger partial charge in [-0.25, -0.2) is 9.37 Å². The minimum atomic E-state index is -0.530. The van der Waals surface area contributed by atoms with Gasteiger partial charge in [-0.1, -0.05) is 16.8 Å². The van der Waals surface area contributed by atoms with Gasteiger partial charge in [0.15, 0.2) is 11.5 Å². The number of ether oxygens (including phenoxy) is 1. The number of oxime groups is 1. The van der Waals surface area contributed by atoms with Crippen molar-refractivity contribution < 1.29 is 14.3 Å². The molecule has 1 aliphatic heterocycles. The van der Waals surface area contributed by atoms with E-state index in [4.69, 9.17) is 16.3 Å². The predicted octanol–water partition coefficient (Wildman–Crippen LogP) is 2.74. The standard InChI is InChI=1S/C19H21ClFN7O2/c20-14-11-12(1-2-15(14)21)24-17(27-29)13-3-4-22-18-16(13)25-19(26-18)23-5-6-28-7-9-30-10-8-28/h1-4,11,29H,5-10H2,(H,24,27)(H2,22,23,25,26). The maximum atomic E-state index is 13.4. The minimum Gasteiger partial charge on any atom is -0.409 e.